The van der Waals surface area contributed by atoms with Gasteiger partial charge in [-0.25, -0.2) is 0 Å². The average molecular weight is 675 g/mol. The third-order valence-electron chi connectivity index (χ3n) is 11.3. The van der Waals surface area contributed by atoms with Gasteiger partial charge in [0.05, 0.1) is 22.4 Å². The van der Waals surface area contributed by atoms with Crippen LogP contribution in [0.3, 0.4) is 0 Å². The Labute approximate surface area is 305 Å². The van der Waals surface area contributed by atoms with Crippen LogP contribution in [0.5, 0.6) is 0 Å². The van der Waals surface area contributed by atoms with Crippen molar-refractivity contribution < 1.29 is 4.42 Å². The lowest BCUT2D eigenvalue weighted by atomic mass is 9.90. The Balaban J connectivity index is 1.06. The molecule has 246 valence electrons. The number of hydrogen-bond acceptors (Lipinski definition) is 2. The summed E-state index contributed by atoms with van der Waals surface area (Å²) < 4.78 is 9.18. The minimum absolute atomic E-state index is 0.866. The molecule has 0 radical (unpaired) electrons. The number of hydrogen-bond donors (Lipinski definition) is 0. The van der Waals surface area contributed by atoms with Gasteiger partial charge in [-0.2, -0.15) is 0 Å². The molecule has 3 heterocycles. The molecule has 0 fully saturated rings. The molecule has 0 amide bonds. The fraction of sp³-hybridized carbons (Fsp3) is 0. The number of nitrogens with zero attached hydrogens (tertiary/aromatic N) is 2. The third-order valence-corrected chi connectivity index (χ3v) is 11.3. The number of para-hydroxylation sites is 3. The first-order valence-electron chi connectivity index (χ1n) is 18.2. The molecule has 12 rings (SSSR count). The van der Waals surface area contributed by atoms with Gasteiger partial charge in [0.1, 0.15) is 11.2 Å². The molecule has 0 saturated carbocycles. The number of furan rings is 1. The lowest BCUT2D eigenvalue weighted by Crippen LogP contribution is -2.10. The number of rotatable bonds is 2. The van der Waals surface area contributed by atoms with Gasteiger partial charge in [-0.1, -0.05) is 115 Å². The van der Waals surface area contributed by atoms with Crippen LogP contribution in [0.1, 0.15) is 0 Å². The molecule has 9 aromatic carbocycles. The fourth-order valence-electron chi connectivity index (χ4n) is 8.94. The molecule has 0 aliphatic carbocycles. The highest BCUT2D eigenvalue weighted by Crippen LogP contribution is 2.53. The van der Waals surface area contributed by atoms with Crippen LogP contribution in [-0.2, 0) is 0 Å². The van der Waals surface area contributed by atoms with Crippen molar-refractivity contribution in [1.82, 2.24) is 4.57 Å². The molecule has 11 aromatic rings. The van der Waals surface area contributed by atoms with Crippen molar-refractivity contribution in [2.45, 2.75) is 0 Å². The van der Waals surface area contributed by atoms with Crippen LogP contribution >= 0.6 is 0 Å². The maximum absolute atomic E-state index is 6.80. The van der Waals surface area contributed by atoms with E-state index in [1.807, 2.05) is 0 Å². The van der Waals surface area contributed by atoms with E-state index in [0.717, 1.165) is 44.7 Å². The van der Waals surface area contributed by atoms with Crippen molar-refractivity contribution >= 4 is 82.4 Å². The largest absolute Gasteiger partial charge is 0.456 e. The van der Waals surface area contributed by atoms with Gasteiger partial charge in [0.15, 0.2) is 0 Å². The monoisotopic (exact) mass is 674 g/mol. The molecule has 2 aromatic heterocycles. The molecule has 0 atom stereocenters. The van der Waals surface area contributed by atoms with Crippen LogP contribution in [0.2, 0.25) is 0 Å². The van der Waals surface area contributed by atoms with E-state index in [1.165, 1.54) is 65.6 Å². The van der Waals surface area contributed by atoms with Gasteiger partial charge < -0.3 is 13.9 Å². The Hall–Kier alpha value is -7.10. The van der Waals surface area contributed by atoms with Crippen molar-refractivity contribution in [3.05, 3.63) is 182 Å². The van der Waals surface area contributed by atoms with Crippen molar-refractivity contribution in [3.63, 3.8) is 0 Å². The average Bonchev–Trinajstić information content (AvgIpc) is 3.70. The van der Waals surface area contributed by atoms with Gasteiger partial charge in [0.2, 0.25) is 0 Å². The summed E-state index contributed by atoms with van der Waals surface area (Å²) in [6.07, 6.45) is 0. The standard InChI is InChI=1S/C50H30N2O/c1-2-13-33-28-47-43(27-32(33)12-1)38-16-6-9-19-45(38)52(47)35-23-26-40-39-25-22-34(29-48(39)53-49(40)30-35)51-44-18-8-5-15-37(44)41-24-21-31-11-3-4-14-36(31)50(41)42-17-7-10-20-46(42)51/h1-30H. The Morgan fingerprint density at radius 3 is 1.75 bits per heavy atom. The Bertz CT molecular complexity index is 3310. The highest BCUT2D eigenvalue weighted by molar-refractivity contribution is 6.15. The van der Waals surface area contributed by atoms with Crippen LogP contribution in [0.25, 0.3) is 93.2 Å². The number of fused-ring (bicyclic) bond motifs is 14. The Morgan fingerprint density at radius 1 is 0.340 bits per heavy atom. The van der Waals surface area contributed by atoms with Gasteiger partial charge in [0, 0.05) is 56.2 Å². The summed E-state index contributed by atoms with van der Waals surface area (Å²) in [7, 11) is 0. The predicted molar refractivity (Wildman–Crippen MR) is 222 cm³/mol. The SMILES string of the molecule is c1ccc2c(c1)-c1ccc3ccccc3c1-c1ccccc1N2c1ccc2c(c1)oc1cc(-n3c4ccccc4c4cc5ccccc5cc43)ccc12. The second-order valence-electron chi connectivity index (χ2n) is 14.1. The zero-order valence-corrected chi connectivity index (χ0v) is 28.6. The van der Waals surface area contributed by atoms with Crippen molar-refractivity contribution in [2.75, 3.05) is 4.90 Å². The summed E-state index contributed by atoms with van der Waals surface area (Å²) >= 11 is 0. The summed E-state index contributed by atoms with van der Waals surface area (Å²) in [5.74, 6) is 0. The first-order valence-corrected chi connectivity index (χ1v) is 18.2. The summed E-state index contributed by atoms with van der Waals surface area (Å²) in [4.78, 5) is 2.40. The van der Waals surface area contributed by atoms with Crippen LogP contribution in [0.15, 0.2) is 186 Å². The molecule has 0 saturated heterocycles. The van der Waals surface area contributed by atoms with Crippen LogP contribution in [0.4, 0.5) is 17.1 Å². The molecule has 0 N–H and O–H groups in total. The lowest BCUT2D eigenvalue weighted by Gasteiger charge is -2.27. The highest BCUT2D eigenvalue weighted by atomic mass is 16.3. The summed E-state index contributed by atoms with van der Waals surface area (Å²) in [5.41, 5.74) is 13.5. The zero-order chi connectivity index (χ0) is 34.6. The van der Waals surface area contributed by atoms with Crippen LogP contribution in [-0.4, -0.2) is 4.57 Å². The zero-order valence-electron chi connectivity index (χ0n) is 28.6. The second kappa shape index (κ2) is 10.7. The topological polar surface area (TPSA) is 21.3 Å². The molecule has 53 heavy (non-hydrogen) atoms. The van der Waals surface area contributed by atoms with E-state index in [4.69, 9.17) is 4.42 Å². The van der Waals surface area contributed by atoms with Crippen LogP contribution < -0.4 is 4.90 Å². The van der Waals surface area contributed by atoms with Gasteiger partial charge >= 0.3 is 0 Å². The van der Waals surface area contributed by atoms with Gasteiger partial charge in [-0.05, 0) is 87.3 Å². The van der Waals surface area contributed by atoms with Gasteiger partial charge in [0.25, 0.3) is 0 Å². The van der Waals surface area contributed by atoms with E-state index in [2.05, 4.69) is 191 Å². The maximum atomic E-state index is 6.80. The molecule has 1 aliphatic heterocycles. The highest BCUT2D eigenvalue weighted by Gasteiger charge is 2.27. The molecular weight excluding hydrogens is 645 g/mol. The van der Waals surface area contributed by atoms with Crippen molar-refractivity contribution in [2.24, 2.45) is 0 Å². The fourth-order valence-corrected chi connectivity index (χ4v) is 8.94. The smallest absolute Gasteiger partial charge is 0.137 e. The van der Waals surface area contributed by atoms with E-state index < -0.39 is 0 Å². The van der Waals surface area contributed by atoms with Gasteiger partial charge in [-0.15, -0.1) is 0 Å². The predicted octanol–water partition coefficient (Wildman–Crippen LogP) is 14.1. The number of benzene rings is 9. The van der Waals surface area contributed by atoms with E-state index in [0.29, 0.717) is 0 Å². The van der Waals surface area contributed by atoms with Gasteiger partial charge in [-0.3, -0.25) is 0 Å². The first-order chi connectivity index (χ1) is 26.3. The van der Waals surface area contributed by atoms with Crippen LogP contribution in [0, 0.1) is 0 Å². The Morgan fingerprint density at radius 2 is 0.943 bits per heavy atom. The second-order valence-corrected chi connectivity index (χ2v) is 14.1. The number of anilines is 3. The summed E-state index contributed by atoms with van der Waals surface area (Å²) in [5, 5.41) is 9.69. The van der Waals surface area contributed by atoms with E-state index in [-0.39, 0.29) is 0 Å². The van der Waals surface area contributed by atoms with E-state index in [1.54, 1.807) is 0 Å². The minimum Gasteiger partial charge on any atom is -0.456 e. The molecule has 0 unspecified atom stereocenters. The summed E-state index contributed by atoms with van der Waals surface area (Å²) in [6, 6.07) is 66.1. The molecule has 3 nitrogen and oxygen atoms in total. The molecule has 1 aliphatic rings. The van der Waals surface area contributed by atoms with E-state index >= 15 is 0 Å². The molecule has 0 spiro atoms. The molecule has 0 bridgehead atoms. The molecular formula is C50H30N2O. The number of aromatic nitrogens is 1. The molecule has 3 heteroatoms. The lowest BCUT2D eigenvalue weighted by molar-refractivity contribution is 0.668. The van der Waals surface area contributed by atoms with Crippen molar-refractivity contribution in [3.8, 4) is 27.9 Å². The maximum Gasteiger partial charge on any atom is 0.137 e. The quantitative estimate of drug-likeness (QED) is 0.182. The minimum atomic E-state index is 0.866. The normalized spacial score (nSPS) is 12.5. The van der Waals surface area contributed by atoms with E-state index in [9.17, 15) is 0 Å². The first kappa shape index (κ1) is 28.6. The summed E-state index contributed by atoms with van der Waals surface area (Å²) in [6.45, 7) is 0. The third kappa shape index (κ3) is 4.05. The van der Waals surface area contributed by atoms with Crippen molar-refractivity contribution in [1.29, 1.82) is 0 Å². The Kier molecular flexibility index (Phi) is 5.77.